The van der Waals surface area contributed by atoms with Crippen molar-refractivity contribution in [3.63, 3.8) is 0 Å². The van der Waals surface area contributed by atoms with E-state index >= 15 is 0 Å². The summed E-state index contributed by atoms with van der Waals surface area (Å²) >= 11 is 0. The lowest BCUT2D eigenvalue weighted by atomic mass is 10.0. The van der Waals surface area contributed by atoms with Gasteiger partial charge in [0.2, 0.25) is 17.7 Å². The summed E-state index contributed by atoms with van der Waals surface area (Å²) in [5.74, 6) is -3.11. The van der Waals surface area contributed by atoms with Crippen LogP contribution in [-0.4, -0.2) is 70.2 Å². The van der Waals surface area contributed by atoms with E-state index in [1.54, 1.807) is 6.20 Å². The van der Waals surface area contributed by atoms with E-state index in [2.05, 4.69) is 20.9 Å². The summed E-state index contributed by atoms with van der Waals surface area (Å²) in [4.78, 5) is 51.6. The number of nitrogens with two attached hydrogens (primary N) is 1. The molecule has 0 bridgehead atoms. The summed E-state index contributed by atoms with van der Waals surface area (Å²) in [5, 5.41) is 26.4. The second-order valence-corrected chi connectivity index (χ2v) is 8.22. The standard InChI is InChI=1S/C22H31N5O6/c1-12(2)7-15(23)20(30)25-10-19(29)26-17(21(31)27-18(11-28)22(32)33)8-13-9-24-16-6-4-3-5-14(13)16/h3-6,9,12,15,17-18,24,28H,7-8,10-11,23H2,1-2H3,(H,25,30)(H,26,29)(H,27,31)(H,32,33). The fraction of sp³-hybridized carbons (Fsp3) is 0.455. The minimum Gasteiger partial charge on any atom is -0.480 e. The quantitative estimate of drug-likeness (QED) is 0.216. The normalized spacial score (nSPS) is 13.8. The lowest BCUT2D eigenvalue weighted by Gasteiger charge is -2.21. The largest absolute Gasteiger partial charge is 0.480 e. The topological polar surface area (TPSA) is 187 Å². The van der Waals surface area contributed by atoms with Crippen molar-refractivity contribution in [2.45, 2.75) is 44.8 Å². The Morgan fingerprint density at radius 1 is 1.06 bits per heavy atom. The average molecular weight is 462 g/mol. The van der Waals surface area contributed by atoms with E-state index in [1.165, 1.54) is 0 Å². The molecule has 3 unspecified atom stereocenters. The van der Waals surface area contributed by atoms with Crippen molar-refractivity contribution in [1.29, 1.82) is 0 Å². The van der Waals surface area contributed by atoms with Crippen LogP contribution in [0.15, 0.2) is 30.5 Å². The third-order valence-electron chi connectivity index (χ3n) is 5.03. The number of amides is 3. The van der Waals surface area contributed by atoms with Gasteiger partial charge >= 0.3 is 5.97 Å². The zero-order valence-electron chi connectivity index (χ0n) is 18.6. The lowest BCUT2D eigenvalue weighted by Crippen LogP contribution is -2.55. The number of aromatic amines is 1. The van der Waals surface area contributed by atoms with Gasteiger partial charge in [-0.05, 0) is 24.0 Å². The Hall–Kier alpha value is -3.44. The Balaban J connectivity index is 2.11. The van der Waals surface area contributed by atoms with Gasteiger partial charge in [-0.3, -0.25) is 14.4 Å². The van der Waals surface area contributed by atoms with Crippen molar-refractivity contribution in [2.24, 2.45) is 11.7 Å². The first-order valence-corrected chi connectivity index (χ1v) is 10.6. The number of benzene rings is 1. The highest BCUT2D eigenvalue weighted by Crippen LogP contribution is 2.19. The third-order valence-corrected chi connectivity index (χ3v) is 5.03. The molecule has 180 valence electrons. The van der Waals surface area contributed by atoms with Crippen LogP contribution in [0, 0.1) is 5.92 Å². The zero-order valence-corrected chi connectivity index (χ0v) is 18.6. The Morgan fingerprint density at radius 2 is 1.76 bits per heavy atom. The van der Waals surface area contributed by atoms with E-state index in [0.29, 0.717) is 6.42 Å². The smallest absolute Gasteiger partial charge is 0.328 e. The number of H-pyrrole nitrogens is 1. The minimum atomic E-state index is -1.52. The van der Waals surface area contributed by atoms with E-state index in [1.807, 2.05) is 38.1 Å². The zero-order chi connectivity index (χ0) is 24.5. The Labute approximate surface area is 191 Å². The van der Waals surface area contributed by atoms with Gasteiger partial charge < -0.3 is 36.9 Å². The van der Waals surface area contributed by atoms with Gasteiger partial charge in [0.25, 0.3) is 0 Å². The van der Waals surface area contributed by atoms with Crippen LogP contribution in [0.4, 0.5) is 0 Å². The van der Waals surface area contributed by atoms with Crippen molar-refractivity contribution < 1.29 is 29.4 Å². The lowest BCUT2D eigenvalue weighted by molar-refractivity contribution is -0.143. The fourth-order valence-corrected chi connectivity index (χ4v) is 3.35. The third kappa shape index (κ3) is 7.58. The predicted molar refractivity (Wildman–Crippen MR) is 121 cm³/mol. The van der Waals surface area contributed by atoms with Crippen molar-refractivity contribution >= 4 is 34.6 Å². The Morgan fingerprint density at radius 3 is 2.39 bits per heavy atom. The highest BCUT2D eigenvalue weighted by molar-refractivity contribution is 5.93. The Kier molecular flexibility index (Phi) is 9.37. The van der Waals surface area contributed by atoms with E-state index in [0.717, 1.165) is 16.5 Å². The molecule has 3 atom stereocenters. The second kappa shape index (κ2) is 12.0. The van der Waals surface area contributed by atoms with Crippen molar-refractivity contribution in [3.8, 4) is 0 Å². The van der Waals surface area contributed by atoms with Crippen LogP contribution in [0.5, 0.6) is 0 Å². The molecule has 2 rings (SSSR count). The molecule has 3 amide bonds. The van der Waals surface area contributed by atoms with Gasteiger partial charge in [-0.2, -0.15) is 0 Å². The SMILES string of the molecule is CC(C)CC(N)C(=O)NCC(=O)NC(Cc1c[nH]c2ccccc12)C(=O)NC(CO)C(=O)O. The predicted octanol–water partition coefficient (Wildman–Crippen LogP) is -0.753. The molecule has 33 heavy (non-hydrogen) atoms. The number of aliphatic hydroxyl groups excluding tert-OH is 1. The molecule has 0 aliphatic rings. The molecular formula is C22H31N5O6. The summed E-state index contributed by atoms with van der Waals surface area (Å²) in [6, 6.07) is 3.95. The summed E-state index contributed by atoms with van der Waals surface area (Å²) < 4.78 is 0. The molecule has 0 fully saturated rings. The highest BCUT2D eigenvalue weighted by atomic mass is 16.4. The van der Waals surface area contributed by atoms with Crippen LogP contribution < -0.4 is 21.7 Å². The summed E-state index contributed by atoms with van der Waals surface area (Å²) in [6.07, 6.45) is 2.21. The van der Waals surface area contributed by atoms with Gasteiger partial charge in [0.15, 0.2) is 0 Å². The van der Waals surface area contributed by atoms with E-state index < -0.39 is 55.0 Å². The van der Waals surface area contributed by atoms with Crippen LogP contribution in [0.1, 0.15) is 25.8 Å². The first-order chi connectivity index (χ1) is 15.6. The first-order valence-electron chi connectivity index (χ1n) is 10.6. The van der Waals surface area contributed by atoms with Crippen LogP contribution in [0.3, 0.4) is 0 Å². The van der Waals surface area contributed by atoms with Gasteiger partial charge in [0.05, 0.1) is 19.2 Å². The number of carbonyl (C=O) groups is 4. The number of hydrogen-bond donors (Lipinski definition) is 7. The molecule has 0 radical (unpaired) electrons. The molecule has 8 N–H and O–H groups in total. The van der Waals surface area contributed by atoms with E-state index in [4.69, 9.17) is 10.8 Å². The van der Waals surface area contributed by atoms with Crippen molar-refractivity contribution in [3.05, 3.63) is 36.0 Å². The van der Waals surface area contributed by atoms with Gasteiger partial charge in [0.1, 0.15) is 12.1 Å². The molecule has 11 heteroatoms. The van der Waals surface area contributed by atoms with Crippen molar-refractivity contribution in [1.82, 2.24) is 20.9 Å². The first kappa shape index (κ1) is 25.8. The summed E-state index contributed by atoms with van der Waals surface area (Å²) in [7, 11) is 0. The molecule has 0 saturated heterocycles. The molecule has 11 nitrogen and oxygen atoms in total. The maximum absolute atomic E-state index is 12.8. The molecule has 1 aromatic carbocycles. The molecular weight excluding hydrogens is 430 g/mol. The number of hydrogen-bond acceptors (Lipinski definition) is 6. The second-order valence-electron chi connectivity index (χ2n) is 8.22. The molecule has 1 heterocycles. The molecule has 0 aliphatic heterocycles. The summed E-state index contributed by atoms with van der Waals surface area (Å²) in [6.45, 7) is 2.64. The van der Waals surface area contributed by atoms with Gasteiger partial charge in [-0.15, -0.1) is 0 Å². The fourth-order valence-electron chi connectivity index (χ4n) is 3.35. The number of carbonyl (C=O) groups excluding carboxylic acids is 3. The van der Waals surface area contributed by atoms with Gasteiger partial charge in [-0.25, -0.2) is 4.79 Å². The Bertz CT molecular complexity index is 989. The molecule has 0 aliphatic carbocycles. The number of carboxylic acids is 1. The number of rotatable bonds is 12. The van der Waals surface area contributed by atoms with Crippen molar-refractivity contribution in [2.75, 3.05) is 13.2 Å². The number of nitrogens with one attached hydrogen (secondary N) is 4. The van der Waals surface area contributed by atoms with Crippen LogP contribution >= 0.6 is 0 Å². The molecule has 2 aromatic rings. The molecule has 0 saturated carbocycles. The number of para-hydroxylation sites is 1. The molecule has 0 spiro atoms. The maximum atomic E-state index is 12.8. The van der Waals surface area contributed by atoms with E-state index in [-0.39, 0.29) is 12.3 Å². The van der Waals surface area contributed by atoms with E-state index in [9.17, 15) is 24.3 Å². The van der Waals surface area contributed by atoms with Gasteiger partial charge in [-0.1, -0.05) is 32.0 Å². The number of fused-ring (bicyclic) bond motifs is 1. The number of aliphatic carboxylic acids is 1. The number of carboxylic acid groups (broad SMARTS) is 1. The summed E-state index contributed by atoms with van der Waals surface area (Å²) in [5.41, 5.74) is 7.37. The van der Waals surface area contributed by atoms with Crippen LogP contribution in [0.2, 0.25) is 0 Å². The highest BCUT2D eigenvalue weighted by Gasteiger charge is 2.27. The van der Waals surface area contributed by atoms with Crippen LogP contribution in [-0.2, 0) is 25.6 Å². The number of aliphatic hydroxyl groups is 1. The maximum Gasteiger partial charge on any atom is 0.328 e. The number of aromatic nitrogens is 1. The molecule has 1 aromatic heterocycles. The average Bonchev–Trinajstić information content (AvgIpc) is 3.17. The minimum absolute atomic E-state index is 0.0557. The van der Waals surface area contributed by atoms with Crippen LogP contribution in [0.25, 0.3) is 10.9 Å². The monoisotopic (exact) mass is 461 g/mol. The van der Waals surface area contributed by atoms with Gasteiger partial charge in [0, 0.05) is 23.5 Å².